The van der Waals surface area contributed by atoms with Gasteiger partial charge in [0.05, 0.1) is 0 Å². The first-order valence-electron chi connectivity index (χ1n) is 5.11. The maximum Gasteiger partial charge on any atom is 0.240 e. The van der Waals surface area contributed by atoms with Crippen molar-refractivity contribution >= 4 is 17.5 Å². The molecule has 0 saturated carbocycles. The van der Waals surface area contributed by atoms with Crippen LogP contribution >= 0.6 is 11.6 Å². The van der Waals surface area contributed by atoms with Crippen LogP contribution in [0.25, 0.3) is 0 Å². The Morgan fingerprint density at radius 3 is 2.43 bits per heavy atom. The van der Waals surface area contributed by atoms with Gasteiger partial charge >= 0.3 is 0 Å². The first kappa shape index (κ1) is 11.8. The molecule has 0 spiro atoms. The second-order valence-corrected chi connectivity index (χ2v) is 4.75. The largest absolute Gasteiger partial charge is 0.341 e. The molecule has 1 amide bonds. The fourth-order valence-electron chi connectivity index (χ4n) is 1.84. The van der Waals surface area contributed by atoms with Gasteiger partial charge in [0.1, 0.15) is 5.38 Å². The van der Waals surface area contributed by atoms with Gasteiger partial charge in [0.15, 0.2) is 0 Å². The molecule has 1 aliphatic heterocycles. The second-order valence-electron chi connectivity index (χ2n) is 4.10. The van der Waals surface area contributed by atoms with Gasteiger partial charge in [0.25, 0.3) is 0 Å². The molecule has 1 fully saturated rings. The molecular formula is C10H19ClN2O. The van der Waals surface area contributed by atoms with Gasteiger partial charge in [0, 0.05) is 13.1 Å². The van der Waals surface area contributed by atoms with E-state index in [2.05, 4.69) is 11.9 Å². The molecule has 0 radical (unpaired) electrons. The Balaban J connectivity index is 2.45. The average molecular weight is 219 g/mol. The molecule has 0 N–H and O–H groups in total. The Labute approximate surface area is 91.0 Å². The third kappa shape index (κ3) is 2.85. The summed E-state index contributed by atoms with van der Waals surface area (Å²) in [4.78, 5) is 15.7. The third-order valence-corrected chi connectivity index (χ3v) is 3.11. The molecule has 3 nitrogen and oxygen atoms in total. The molecule has 0 aromatic rings. The van der Waals surface area contributed by atoms with Gasteiger partial charge in [-0.15, -0.1) is 11.6 Å². The summed E-state index contributed by atoms with van der Waals surface area (Å²) in [5.41, 5.74) is 0. The smallest absolute Gasteiger partial charge is 0.240 e. The summed E-state index contributed by atoms with van der Waals surface area (Å²) < 4.78 is 0. The van der Waals surface area contributed by atoms with Gasteiger partial charge in [-0.3, -0.25) is 4.79 Å². The highest BCUT2D eigenvalue weighted by Gasteiger charge is 2.25. The zero-order valence-electron chi connectivity index (χ0n) is 9.16. The van der Waals surface area contributed by atoms with E-state index in [1.54, 1.807) is 6.92 Å². The van der Waals surface area contributed by atoms with Crippen molar-refractivity contribution in [3.05, 3.63) is 0 Å². The molecule has 1 saturated heterocycles. The van der Waals surface area contributed by atoms with Crippen LogP contribution in [0.3, 0.4) is 0 Å². The van der Waals surface area contributed by atoms with E-state index in [1.165, 1.54) is 0 Å². The van der Waals surface area contributed by atoms with Crippen molar-refractivity contribution in [2.75, 3.05) is 27.2 Å². The van der Waals surface area contributed by atoms with Crippen LogP contribution in [0.1, 0.15) is 19.8 Å². The summed E-state index contributed by atoms with van der Waals surface area (Å²) in [7, 11) is 3.97. The van der Waals surface area contributed by atoms with E-state index in [0.717, 1.165) is 25.9 Å². The first-order chi connectivity index (χ1) is 6.52. The molecule has 1 atom stereocenters. The van der Waals surface area contributed by atoms with Crippen molar-refractivity contribution in [1.82, 2.24) is 9.80 Å². The lowest BCUT2D eigenvalue weighted by Gasteiger charge is -2.35. The summed E-state index contributed by atoms with van der Waals surface area (Å²) >= 11 is 5.77. The predicted octanol–water partition coefficient (Wildman–Crippen LogP) is 1.17. The van der Waals surface area contributed by atoms with Crippen LogP contribution in [-0.2, 0) is 4.79 Å². The lowest BCUT2D eigenvalue weighted by atomic mass is 10.0. The molecule has 1 unspecified atom stereocenters. The molecule has 4 heteroatoms. The predicted molar refractivity (Wildman–Crippen MR) is 58.6 cm³/mol. The normalized spacial score (nSPS) is 22.0. The number of hydrogen-bond donors (Lipinski definition) is 0. The average Bonchev–Trinajstić information content (AvgIpc) is 2.16. The van der Waals surface area contributed by atoms with Gasteiger partial charge in [-0.1, -0.05) is 0 Å². The van der Waals surface area contributed by atoms with Crippen molar-refractivity contribution in [3.8, 4) is 0 Å². The van der Waals surface area contributed by atoms with E-state index < -0.39 is 5.38 Å². The van der Waals surface area contributed by atoms with E-state index in [1.807, 2.05) is 11.9 Å². The Morgan fingerprint density at radius 1 is 1.50 bits per heavy atom. The lowest BCUT2D eigenvalue weighted by Crippen LogP contribution is -2.46. The fraction of sp³-hybridized carbons (Fsp3) is 0.900. The highest BCUT2D eigenvalue weighted by molar-refractivity contribution is 6.30. The van der Waals surface area contributed by atoms with Gasteiger partial charge in [-0.25, -0.2) is 0 Å². The molecule has 1 aliphatic rings. The SMILES string of the molecule is CC(Cl)C(=O)N(C)C1CCN(C)CC1. The number of carbonyl (C=O) groups excluding carboxylic acids is 1. The Bertz CT molecular complexity index is 200. The van der Waals surface area contributed by atoms with Gasteiger partial charge in [0.2, 0.25) is 5.91 Å². The van der Waals surface area contributed by atoms with Crippen LogP contribution in [0.5, 0.6) is 0 Å². The Morgan fingerprint density at radius 2 is 2.00 bits per heavy atom. The van der Waals surface area contributed by atoms with Crippen molar-refractivity contribution < 1.29 is 4.79 Å². The molecule has 14 heavy (non-hydrogen) atoms. The number of halogens is 1. The number of rotatable bonds is 2. The highest BCUT2D eigenvalue weighted by atomic mass is 35.5. The molecule has 1 heterocycles. The van der Waals surface area contributed by atoms with E-state index in [0.29, 0.717) is 6.04 Å². The first-order valence-corrected chi connectivity index (χ1v) is 5.55. The maximum absolute atomic E-state index is 11.6. The van der Waals surface area contributed by atoms with Crippen molar-refractivity contribution in [2.24, 2.45) is 0 Å². The summed E-state index contributed by atoms with van der Waals surface area (Å²) in [6.45, 7) is 3.87. The molecule has 0 aromatic heterocycles. The van der Waals surface area contributed by atoms with Crippen molar-refractivity contribution in [2.45, 2.75) is 31.2 Å². The summed E-state index contributed by atoms with van der Waals surface area (Å²) in [6.07, 6.45) is 2.12. The van der Waals surface area contributed by atoms with Crippen LogP contribution in [0.4, 0.5) is 0 Å². The van der Waals surface area contributed by atoms with Gasteiger partial charge in [-0.2, -0.15) is 0 Å². The van der Waals surface area contributed by atoms with Crippen LogP contribution in [0, 0.1) is 0 Å². The van der Waals surface area contributed by atoms with E-state index in [9.17, 15) is 4.79 Å². The molecule has 82 valence electrons. The summed E-state index contributed by atoms with van der Waals surface area (Å²) in [5, 5.41) is -0.403. The van der Waals surface area contributed by atoms with E-state index in [-0.39, 0.29) is 5.91 Å². The number of hydrogen-bond acceptors (Lipinski definition) is 2. The lowest BCUT2D eigenvalue weighted by molar-refractivity contribution is -0.132. The molecule has 1 rings (SSSR count). The van der Waals surface area contributed by atoms with Crippen LogP contribution in [-0.4, -0.2) is 54.3 Å². The van der Waals surface area contributed by atoms with Gasteiger partial charge in [-0.05, 0) is 39.9 Å². The number of amides is 1. The molecule has 0 aromatic carbocycles. The number of likely N-dealkylation sites (tertiary alicyclic amines) is 1. The van der Waals surface area contributed by atoms with Crippen molar-refractivity contribution in [3.63, 3.8) is 0 Å². The van der Waals surface area contributed by atoms with E-state index >= 15 is 0 Å². The zero-order chi connectivity index (χ0) is 10.7. The Kier molecular flexibility index (Phi) is 4.20. The number of piperidine rings is 1. The highest BCUT2D eigenvalue weighted by Crippen LogP contribution is 2.15. The van der Waals surface area contributed by atoms with Gasteiger partial charge < -0.3 is 9.80 Å². The topological polar surface area (TPSA) is 23.6 Å². The summed E-state index contributed by atoms with van der Waals surface area (Å²) in [6, 6.07) is 0.375. The number of carbonyl (C=O) groups is 1. The minimum atomic E-state index is -0.403. The quantitative estimate of drug-likeness (QED) is 0.650. The Hall–Kier alpha value is -0.280. The van der Waals surface area contributed by atoms with Crippen molar-refractivity contribution in [1.29, 1.82) is 0 Å². The molecule has 0 bridgehead atoms. The fourth-order valence-corrected chi connectivity index (χ4v) is 2.00. The second kappa shape index (κ2) is 4.99. The third-order valence-electron chi connectivity index (χ3n) is 2.92. The minimum absolute atomic E-state index is 0.0428. The summed E-state index contributed by atoms with van der Waals surface area (Å²) in [5.74, 6) is 0.0428. The number of alkyl halides is 1. The zero-order valence-corrected chi connectivity index (χ0v) is 9.92. The van der Waals surface area contributed by atoms with Crippen LogP contribution in [0.2, 0.25) is 0 Å². The van der Waals surface area contributed by atoms with E-state index in [4.69, 9.17) is 11.6 Å². The minimum Gasteiger partial charge on any atom is -0.341 e. The maximum atomic E-state index is 11.6. The van der Waals surface area contributed by atoms with Crippen LogP contribution < -0.4 is 0 Å². The standard InChI is InChI=1S/C10H19ClN2O/c1-8(11)10(14)13(3)9-4-6-12(2)7-5-9/h8-9H,4-7H2,1-3H3. The number of nitrogens with zero attached hydrogens (tertiary/aromatic N) is 2. The monoisotopic (exact) mass is 218 g/mol. The van der Waals surface area contributed by atoms with Crippen LogP contribution in [0.15, 0.2) is 0 Å². The molecular weight excluding hydrogens is 200 g/mol. The molecule has 0 aliphatic carbocycles.